The second-order valence-electron chi connectivity index (χ2n) is 6.28. The maximum Gasteiger partial charge on any atom is 0.123 e. The van der Waals surface area contributed by atoms with Gasteiger partial charge < -0.3 is 5.11 Å². The van der Waals surface area contributed by atoms with Crippen LogP contribution < -0.4 is 0 Å². The molecule has 2 heteroatoms. The van der Waals surface area contributed by atoms with E-state index in [1.807, 2.05) is 0 Å². The van der Waals surface area contributed by atoms with Crippen molar-refractivity contribution in [3.05, 3.63) is 71.0 Å². The van der Waals surface area contributed by atoms with E-state index >= 15 is 0 Å². The van der Waals surface area contributed by atoms with Crippen molar-refractivity contribution in [2.45, 2.75) is 44.1 Å². The SMILES string of the molecule is CC(O)(CC1CCCc2ccccc21)c1cccc(F)c1. The van der Waals surface area contributed by atoms with Gasteiger partial charge >= 0.3 is 0 Å². The second kappa shape index (κ2) is 5.61. The Morgan fingerprint density at radius 3 is 2.81 bits per heavy atom. The number of halogens is 1. The summed E-state index contributed by atoms with van der Waals surface area (Å²) in [5.41, 5.74) is 2.40. The third-order valence-electron chi connectivity index (χ3n) is 4.58. The van der Waals surface area contributed by atoms with Gasteiger partial charge in [0.2, 0.25) is 0 Å². The quantitative estimate of drug-likeness (QED) is 0.877. The highest BCUT2D eigenvalue weighted by atomic mass is 19.1. The lowest BCUT2D eigenvalue weighted by Crippen LogP contribution is -2.26. The first-order valence-electron chi connectivity index (χ1n) is 7.62. The lowest BCUT2D eigenvalue weighted by Gasteiger charge is -2.32. The molecule has 110 valence electrons. The van der Waals surface area contributed by atoms with Crippen LogP contribution in [-0.4, -0.2) is 5.11 Å². The highest BCUT2D eigenvalue weighted by molar-refractivity contribution is 5.33. The summed E-state index contributed by atoms with van der Waals surface area (Å²) in [6.45, 7) is 1.79. The van der Waals surface area contributed by atoms with Crippen LogP contribution in [0.25, 0.3) is 0 Å². The molecule has 1 aliphatic carbocycles. The summed E-state index contributed by atoms with van der Waals surface area (Å²) < 4.78 is 13.4. The van der Waals surface area contributed by atoms with Crippen molar-refractivity contribution in [1.82, 2.24) is 0 Å². The fourth-order valence-electron chi connectivity index (χ4n) is 3.49. The second-order valence-corrected chi connectivity index (χ2v) is 6.28. The highest BCUT2D eigenvalue weighted by Crippen LogP contribution is 2.40. The molecule has 2 aromatic rings. The zero-order valence-corrected chi connectivity index (χ0v) is 12.3. The first-order valence-corrected chi connectivity index (χ1v) is 7.62. The molecule has 0 saturated heterocycles. The van der Waals surface area contributed by atoms with Crippen LogP contribution in [0.1, 0.15) is 48.8 Å². The predicted octanol–water partition coefficient (Wildman–Crippen LogP) is 4.54. The minimum absolute atomic E-state index is 0.295. The molecule has 0 aromatic heterocycles. The minimum Gasteiger partial charge on any atom is -0.385 e. The summed E-state index contributed by atoms with van der Waals surface area (Å²) in [6.07, 6.45) is 3.99. The van der Waals surface area contributed by atoms with E-state index in [-0.39, 0.29) is 5.82 Å². The summed E-state index contributed by atoms with van der Waals surface area (Å²) in [5.74, 6) is 0.0463. The maximum absolute atomic E-state index is 13.4. The fourth-order valence-corrected chi connectivity index (χ4v) is 3.49. The van der Waals surface area contributed by atoms with Crippen molar-refractivity contribution in [3.8, 4) is 0 Å². The van der Waals surface area contributed by atoms with Crippen LogP contribution in [0.2, 0.25) is 0 Å². The Bertz CT molecular complexity index is 633. The van der Waals surface area contributed by atoms with E-state index in [2.05, 4.69) is 24.3 Å². The average Bonchev–Trinajstić information content (AvgIpc) is 2.47. The van der Waals surface area contributed by atoms with Crippen LogP contribution in [0.3, 0.4) is 0 Å². The maximum atomic E-state index is 13.4. The lowest BCUT2D eigenvalue weighted by atomic mass is 9.75. The van der Waals surface area contributed by atoms with E-state index in [1.165, 1.54) is 23.3 Å². The summed E-state index contributed by atoms with van der Waals surface area (Å²) in [4.78, 5) is 0. The van der Waals surface area contributed by atoms with Gasteiger partial charge in [-0.3, -0.25) is 0 Å². The molecule has 0 radical (unpaired) electrons. The van der Waals surface area contributed by atoms with Gasteiger partial charge in [-0.2, -0.15) is 0 Å². The summed E-state index contributed by atoms with van der Waals surface area (Å²) in [7, 11) is 0. The van der Waals surface area contributed by atoms with Crippen LogP contribution in [0.4, 0.5) is 4.39 Å². The Hall–Kier alpha value is -1.67. The van der Waals surface area contributed by atoms with Gasteiger partial charge in [-0.1, -0.05) is 36.4 Å². The molecule has 2 atom stereocenters. The fraction of sp³-hybridized carbons (Fsp3) is 0.368. The van der Waals surface area contributed by atoms with Crippen LogP contribution in [0.5, 0.6) is 0 Å². The van der Waals surface area contributed by atoms with E-state index in [0.717, 1.165) is 19.3 Å². The molecule has 0 heterocycles. The smallest absolute Gasteiger partial charge is 0.123 e. The third-order valence-corrected chi connectivity index (χ3v) is 4.58. The Kier molecular flexibility index (Phi) is 3.81. The van der Waals surface area contributed by atoms with Crippen molar-refractivity contribution >= 4 is 0 Å². The van der Waals surface area contributed by atoms with Crippen LogP contribution in [-0.2, 0) is 12.0 Å². The van der Waals surface area contributed by atoms with Gasteiger partial charge in [0.1, 0.15) is 5.82 Å². The molecule has 1 nitrogen and oxygen atoms in total. The number of hydrogen-bond acceptors (Lipinski definition) is 1. The molecule has 0 bridgehead atoms. The molecule has 0 fully saturated rings. The molecule has 0 spiro atoms. The monoisotopic (exact) mass is 284 g/mol. The number of aryl methyl sites for hydroxylation is 1. The number of aliphatic hydroxyl groups is 1. The van der Waals surface area contributed by atoms with Crippen molar-refractivity contribution in [2.75, 3.05) is 0 Å². The Balaban J connectivity index is 1.86. The van der Waals surface area contributed by atoms with Crippen molar-refractivity contribution in [1.29, 1.82) is 0 Å². The third kappa shape index (κ3) is 3.01. The summed E-state index contributed by atoms with van der Waals surface area (Å²) >= 11 is 0. The molecule has 3 rings (SSSR count). The molecule has 0 saturated carbocycles. The van der Waals surface area contributed by atoms with Gasteiger partial charge in [-0.25, -0.2) is 4.39 Å². The molecule has 0 amide bonds. The number of benzene rings is 2. The molecule has 2 unspecified atom stereocenters. The number of hydrogen-bond donors (Lipinski definition) is 1. The van der Waals surface area contributed by atoms with Crippen molar-refractivity contribution in [3.63, 3.8) is 0 Å². The Morgan fingerprint density at radius 1 is 1.19 bits per heavy atom. The van der Waals surface area contributed by atoms with Gasteiger partial charge in [-0.15, -0.1) is 0 Å². The van der Waals surface area contributed by atoms with Gasteiger partial charge in [0, 0.05) is 0 Å². The van der Waals surface area contributed by atoms with Crippen LogP contribution >= 0.6 is 0 Å². The Labute approximate surface area is 125 Å². The van der Waals surface area contributed by atoms with Gasteiger partial charge in [0.15, 0.2) is 0 Å². The van der Waals surface area contributed by atoms with Crippen molar-refractivity contribution < 1.29 is 9.50 Å². The summed E-state index contributed by atoms with van der Waals surface area (Å²) in [5, 5.41) is 10.8. The van der Waals surface area contributed by atoms with E-state index < -0.39 is 5.60 Å². The molecule has 0 aliphatic heterocycles. The molecular formula is C19H21FO. The van der Waals surface area contributed by atoms with Gasteiger partial charge in [0.25, 0.3) is 0 Å². The topological polar surface area (TPSA) is 20.2 Å². The van der Waals surface area contributed by atoms with Gasteiger partial charge in [0.05, 0.1) is 5.60 Å². The van der Waals surface area contributed by atoms with Crippen LogP contribution in [0, 0.1) is 5.82 Å². The van der Waals surface area contributed by atoms with Crippen LogP contribution in [0.15, 0.2) is 48.5 Å². The standard InChI is InChI=1S/C19H21FO/c1-19(21,16-9-5-10-17(20)12-16)13-15-8-4-7-14-6-2-3-11-18(14)15/h2-3,5-6,9-12,15,21H,4,7-8,13H2,1H3. The molecular weight excluding hydrogens is 263 g/mol. The number of rotatable bonds is 3. The molecule has 1 aliphatic rings. The van der Waals surface area contributed by atoms with Gasteiger partial charge in [-0.05, 0) is 67.3 Å². The Morgan fingerprint density at radius 2 is 2.00 bits per heavy atom. The normalized spacial score (nSPS) is 20.6. The van der Waals surface area contributed by atoms with Crippen molar-refractivity contribution in [2.24, 2.45) is 0 Å². The van der Waals surface area contributed by atoms with E-state index in [4.69, 9.17) is 0 Å². The first kappa shape index (κ1) is 14.3. The largest absolute Gasteiger partial charge is 0.385 e. The lowest BCUT2D eigenvalue weighted by molar-refractivity contribution is 0.0377. The summed E-state index contributed by atoms with van der Waals surface area (Å²) in [6, 6.07) is 14.8. The average molecular weight is 284 g/mol. The minimum atomic E-state index is -1.00. The molecule has 21 heavy (non-hydrogen) atoms. The molecule has 1 N–H and O–H groups in total. The predicted molar refractivity (Wildman–Crippen MR) is 82.7 cm³/mol. The van der Waals surface area contributed by atoms with E-state index in [0.29, 0.717) is 17.9 Å². The zero-order valence-electron chi connectivity index (χ0n) is 12.3. The van der Waals surface area contributed by atoms with E-state index in [9.17, 15) is 9.50 Å². The zero-order chi connectivity index (χ0) is 14.9. The molecule has 2 aromatic carbocycles. The first-order chi connectivity index (χ1) is 10.1. The number of fused-ring (bicyclic) bond motifs is 1. The van der Waals surface area contributed by atoms with E-state index in [1.54, 1.807) is 19.1 Å². The highest BCUT2D eigenvalue weighted by Gasteiger charge is 2.30.